The number of hydrogen-bond acceptors (Lipinski definition) is 3. The molecule has 0 aromatic heterocycles. The maximum atomic E-state index is 12.4. The Morgan fingerprint density at radius 1 is 1.35 bits per heavy atom. The second-order valence-corrected chi connectivity index (χ2v) is 5.57. The van der Waals surface area contributed by atoms with Gasteiger partial charge in [-0.25, -0.2) is 0 Å². The molecule has 1 saturated carbocycles. The largest absolute Gasteiger partial charge is 0.352 e. The van der Waals surface area contributed by atoms with Crippen LogP contribution in [-0.4, -0.2) is 36.3 Å². The molecule has 20 heavy (non-hydrogen) atoms. The van der Waals surface area contributed by atoms with Gasteiger partial charge in [-0.2, -0.15) is 0 Å². The van der Waals surface area contributed by atoms with Crippen molar-refractivity contribution in [3.05, 3.63) is 35.9 Å². The highest BCUT2D eigenvalue weighted by Crippen LogP contribution is 2.20. The molecule has 2 rings (SSSR count). The molecule has 0 heterocycles. The van der Waals surface area contributed by atoms with Gasteiger partial charge in [0.2, 0.25) is 11.8 Å². The van der Waals surface area contributed by atoms with E-state index in [0.29, 0.717) is 6.04 Å². The van der Waals surface area contributed by atoms with Gasteiger partial charge in [0.1, 0.15) is 5.54 Å². The molecule has 0 saturated heterocycles. The Morgan fingerprint density at radius 2 is 1.95 bits per heavy atom. The minimum absolute atomic E-state index is 0.0367. The fourth-order valence-corrected chi connectivity index (χ4v) is 2.09. The van der Waals surface area contributed by atoms with Crippen molar-refractivity contribution in [2.75, 3.05) is 13.6 Å². The smallest absolute Gasteiger partial charge is 0.247 e. The van der Waals surface area contributed by atoms with E-state index in [1.54, 1.807) is 14.0 Å². The van der Waals surface area contributed by atoms with E-state index in [2.05, 4.69) is 5.32 Å². The molecule has 5 heteroatoms. The minimum Gasteiger partial charge on any atom is -0.352 e. The zero-order valence-corrected chi connectivity index (χ0v) is 11.9. The summed E-state index contributed by atoms with van der Waals surface area (Å²) in [5.41, 5.74) is 5.76. The third-order valence-electron chi connectivity index (χ3n) is 3.49. The third-order valence-corrected chi connectivity index (χ3v) is 3.49. The van der Waals surface area contributed by atoms with Gasteiger partial charge >= 0.3 is 0 Å². The summed E-state index contributed by atoms with van der Waals surface area (Å²) in [7, 11) is 1.60. The van der Waals surface area contributed by atoms with Crippen LogP contribution in [0, 0.1) is 0 Å². The van der Waals surface area contributed by atoms with Crippen LogP contribution >= 0.6 is 0 Å². The van der Waals surface area contributed by atoms with E-state index in [1.165, 1.54) is 4.90 Å². The Labute approximate surface area is 119 Å². The molecule has 2 amide bonds. The van der Waals surface area contributed by atoms with Crippen LogP contribution in [0.1, 0.15) is 25.3 Å². The Balaban J connectivity index is 1.99. The van der Waals surface area contributed by atoms with Crippen molar-refractivity contribution < 1.29 is 9.59 Å². The quantitative estimate of drug-likeness (QED) is 0.826. The normalized spacial score (nSPS) is 17.1. The first-order valence-corrected chi connectivity index (χ1v) is 6.80. The molecule has 1 aliphatic rings. The third kappa shape index (κ3) is 3.36. The standard InChI is InChI=1S/C15H21N3O2/c1-15(16,11-6-4-3-5-7-11)14(20)18(2)10-13(19)17-12-8-9-12/h3-7,12H,8-10,16H2,1-2H3,(H,17,19). The summed E-state index contributed by atoms with van der Waals surface area (Å²) in [4.78, 5) is 25.5. The van der Waals surface area contributed by atoms with Gasteiger partial charge in [-0.05, 0) is 25.3 Å². The maximum absolute atomic E-state index is 12.4. The van der Waals surface area contributed by atoms with E-state index in [1.807, 2.05) is 30.3 Å². The maximum Gasteiger partial charge on any atom is 0.247 e. The van der Waals surface area contributed by atoms with Crippen molar-refractivity contribution in [2.45, 2.75) is 31.3 Å². The summed E-state index contributed by atoms with van der Waals surface area (Å²) in [5.74, 6) is -0.401. The van der Waals surface area contributed by atoms with Crippen molar-refractivity contribution in [1.29, 1.82) is 0 Å². The Hall–Kier alpha value is -1.88. The Morgan fingerprint density at radius 3 is 2.50 bits per heavy atom. The highest BCUT2D eigenvalue weighted by atomic mass is 16.2. The average Bonchev–Trinajstić information content (AvgIpc) is 3.22. The molecule has 1 fully saturated rings. The van der Waals surface area contributed by atoms with Gasteiger partial charge in [0, 0.05) is 13.1 Å². The van der Waals surface area contributed by atoms with Gasteiger partial charge in [-0.3, -0.25) is 9.59 Å². The number of hydrogen-bond donors (Lipinski definition) is 2. The molecule has 1 aromatic carbocycles. The van der Waals surface area contributed by atoms with E-state index in [9.17, 15) is 9.59 Å². The molecular formula is C15H21N3O2. The van der Waals surface area contributed by atoms with E-state index >= 15 is 0 Å². The number of likely N-dealkylation sites (N-methyl/N-ethyl adjacent to an activating group) is 1. The van der Waals surface area contributed by atoms with Crippen LogP contribution in [-0.2, 0) is 15.1 Å². The van der Waals surface area contributed by atoms with E-state index in [0.717, 1.165) is 18.4 Å². The van der Waals surface area contributed by atoms with Crippen LogP contribution in [0.2, 0.25) is 0 Å². The highest BCUT2D eigenvalue weighted by molar-refractivity contribution is 5.90. The van der Waals surface area contributed by atoms with E-state index in [4.69, 9.17) is 5.73 Å². The van der Waals surface area contributed by atoms with Crippen LogP contribution in [0.25, 0.3) is 0 Å². The van der Waals surface area contributed by atoms with Crippen LogP contribution < -0.4 is 11.1 Å². The van der Waals surface area contributed by atoms with Crippen molar-refractivity contribution in [1.82, 2.24) is 10.2 Å². The second kappa shape index (κ2) is 5.63. The summed E-state index contributed by atoms with van der Waals surface area (Å²) in [5, 5.41) is 2.86. The molecule has 1 aliphatic carbocycles. The van der Waals surface area contributed by atoms with Gasteiger partial charge in [0.15, 0.2) is 0 Å². The van der Waals surface area contributed by atoms with Crippen molar-refractivity contribution >= 4 is 11.8 Å². The summed E-state index contributed by atoms with van der Waals surface area (Å²) >= 11 is 0. The number of carbonyl (C=O) groups is 2. The van der Waals surface area contributed by atoms with E-state index in [-0.39, 0.29) is 18.4 Å². The number of benzene rings is 1. The average molecular weight is 275 g/mol. The molecule has 0 aliphatic heterocycles. The van der Waals surface area contributed by atoms with Gasteiger partial charge in [0.05, 0.1) is 6.54 Å². The number of rotatable bonds is 5. The number of amides is 2. The van der Waals surface area contributed by atoms with Crippen molar-refractivity contribution in [2.24, 2.45) is 5.73 Å². The lowest BCUT2D eigenvalue weighted by Crippen LogP contribution is -2.51. The lowest BCUT2D eigenvalue weighted by Gasteiger charge is -2.29. The highest BCUT2D eigenvalue weighted by Gasteiger charge is 2.34. The molecule has 3 N–H and O–H groups in total. The fraction of sp³-hybridized carbons (Fsp3) is 0.467. The summed E-state index contributed by atoms with van der Waals surface area (Å²) in [6.45, 7) is 1.70. The predicted octanol–water partition coefficient (Wildman–Crippen LogP) is 0.598. The van der Waals surface area contributed by atoms with Gasteiger partial charge in [-0.1, -0.05) is 30.3 Å². The van der Waals surface area contributed by atoms with Crippen molar-refractivity contribution in [3.8, 4) is 0 Å². The Kier molecular flexibility index (Phi) is 4.09. The number of nitrogens with zero attached hydrogens (tertiary/aromatic N) is 1. The predicted molar refractivity (Wildman–Crippen MR) is 76.8 cm³/mol. The monoisotopic (exact) mass is 275 g/mol. The first kappa shape index (κ1) is 14.5. The molecule has 0 radical (unpaired) electrons. The first-order chi connectivity index (χ1) is 9.41. The minimum atomic E-state index is -1.13. The zero-order chi connectivity index (χ0) is 14.8. The lowest BCUT2D eigenvalue weighted by molar-refractivity contribution is -0.139. The lowest BCUT2D eigenvalue weighted by atomic mass is 9.92. The number of carbonyl (C=O) groups excluding carboxylic acids is 2. The number of nitrogens with two attached hydrogens (primary N) is 1. The van der Waals surface area contributed by atoms with Crippen LogP contribution in [0.3, 0.4) is 0 Å². The molecule has 0 spiro atoms. The van der Waals surface area contributed by atoms with Crippen LogP contribution in [0.4, 0.5) is 0 Å². The summed E-state index contributed by atoms with van der Waals surface area (Å²) in [6.07, 6.45) is 2.06. The zero-order valence-electron chi connectivity index (χ0n) is 11.9. The summed E-state index contributed by atoms with van der Waals surface area (Å²) < 4.78 is 0. The SMILES string of the molecule is CN(CC(=O)NC1CC1)C(=O)C(C)(N)c1ccccc1. The molecular weight excluding hydrogens is 254 g/mol. The van der Waals surface area contributed by atoms with Gasteiger partial charge in [0.25, 0.3) is 0 Å². The number of nitrogens with one attached hydrogen (secondary N) is 1. The molecule has 1 unspecified atom stereocenters. The molecule has 0 bridgehead atoms. The summed E-state index contributed by atoms with van der Waals surface area (Å²) in [6, 6.07) is 9.48. The first-order valence-electron chi connectivity index (χ1n) is 6.80. The van der Waals surface area contributed by atoms with Crippen molar-refractivity contribution in [3.63, 3.8) is 0 Å². The molecule has 1 atom stereocenters. The van der Waals surface area contributed by atoms with Crippen LogP contribution in [0.5, 0.6) is 0 Å². The van der Waals surface area contributed by atoms with Gasteiger partial charge < -0.3 is 16.0 Å². The fourth-order valence-electron chi connectivity index (χ4n) is 2.09. The molecule has 1 aromatic rings. The Bertz CT molecular complexity index is 495. The second-order valence-electron chi connectivity index (χ2n) is 5.57. The van der Waals surface area contributed by atoms with E-state index < -0.39 is 5.54 Å². The molecule has 5 nitrogen and oxygen atoms in total. The topological polar surface area (TPSA) is 75.4 Å². The van der Waals surface area contributed by atoms with Gasteiger partial charge in [-0.15, -0.1) is 0 Å². The van der Waals surface area contributed by atoms with Crippen LogP contribution in [0.15, 0.2) is 30.3 Å². The molecule has 108 valence electrons.